The van der Waals surface area contributed by atoms with E-state index in [1.807, 2.05) is 11.9 Å². The van der Waals surface area contributed by atoms with Crippen molar-refractivity contribution in [3.05, 3.63) is 17.0 Å². The Labute approximate surface area is 154 Å². The average molecular weight is 386 g/mol. The van der Waals surface area contributed by atoms with Gasteiger partial charge in [0, 0.05) is 26.2 Å². The summed E-state index contributed by atoms with van der Waals surface area (Å²) in [5.41, 5.74) is 0. The van der Waals surface area contributed by atoms with Gasteiger partial charge in [-0.25, -0.2) is 8.42 Å². The molecule has 1 aromatic heterocycles. The van der Waals surface area contributed by atoms with Crippen LogP contribution in [0.15, 0.2) is 16.3 Å². The Morgan fingerprint density at radius 3 is 2.64 bits per heavy atom. The highest BCUT2D eigenvalue weighted by molar-refractivity contribution is 7.91. The first-order valence-electron chi connectivity index (χ1n) is 8.95. The number of nitrogens with one attached hydrogen (secondary N) is 1. The molecule has 0 saturated carbocycles. The lowest BCUT2D eigenvalue weighted by atomic mass is 10.0. The van der Waals surface area contributed by atoms with Crippen LogP contribution in [0.1, 0.15) is 35.9 Å². The maximum absolute atomic E-state index is 12.8. The van der Waals surface area contributed by atoms with Gasteiger partial charge in [-0.3, -0.25) is 4.79 Å². The van der Waals surface area contributed by atoms with Crippen LogP contribution >= 0.6 is 11.3 Å². The van der Waals surface area contributed by atoms with Gasteiger partial charge in [0.2, 0.25) is 0 Å². The lowest BCUT2D eigenvalue weighted by Crippen LogP contribution is -2.37. The predicted molar refractivity (Wildman–Crippen MR) is 99.4 cm³/mol. The SMILES string of the molecule is CNCC1CCN(C(=O)c2ccc(S(=O)(=O)N3CCC(C)CC3)s2)C1. The van der Waals surface area contributed by atoms with Gasteiger partial charge in [0.25, 0.3) is 15.9 Å². The summed E-state index contributed by atoms with van der Waals surface area (Å²) >= 11 is 1.11. The third kappa shape index (κ3) is 4.07. The molecule has 2 fully saturated rings. The molecular weight excluding hydrogens is 358 g/mol. The minimum absolute atomic E-state index is 0.0441. The van der Waals surface area contributed by atoms with E-state index in [0.29, 0.717) is 29.8 Å². The number of amides is 1. The summed E-state index contributed by atoms with van der Waals surface area (Å²) in [6.45, 7) is 5.69. The van der Waals surface area contributed by atoms with E-state index in [1.165, 1.54) is 0 Å². The number of sulfonamides is 1. The van der Waals surface area contributed by atoms with Crippen LogP contribution in [0.25, 0.3) is 0 Å². The van der Waals surface area contributed by atoms with Gasteiger partial charge in [-0.1, -0.05) is 6.92 Å². The first kappa shape index (κ1) is 18.8. The highest BCUT2D eigenvalue weighted by atomic mass is 32.2. The van der Waals surface area contributed by atoms with Gasteiger partial charge >= 0.3 is 0 Å². The number of hydrogen-bond donors (Lipinski definition) is 1. The summed E-state index contributed by atoms with van der Waals surface area (Å²) in [6, 6.07) is 3.25. The van der Waals surface area contributed by atoms with E-state index in [9.17, 15) is 13.2 Å². The van der Waals surface area contributed by atoms with Crippen LogP contribution in [0.4, 0.5) is 0 Å². The molecule has 3 heterocycles. The summed E-state index contributed by atoms with van der Waals surface area (Å²) in [5, 5.41) is 3.15. The van der Waals surface area contributed by atoms with Crippen LogP contribution in [0, 0.1) is 11.8 Å². The Balaban J connectivity index is 1.68. The maximum atomic E-state index is 12.8. The molecule has 1 amide bonds. The maximum Gasteiger partial charge on any atom is 0.263 e. The molecule has 1 atom stereocenters. The van der Waals surface area contributed by atoms with Crippen LogP contribution in [0.2, 0.25) is 0 Å². The van der Waals surface area contributed by atoms with E-state index in [4.69, 9.17) is 0 Å². The van der Waals surface area contributed by atoms with Gasteiger partial charge in [-0.15, -0.1) is 11.3 Å². The molecule has 0 aromatic carbocycles. The fourth-order valence-electron chi connectivity index (χ4n) is 3.55. The van der Waals surface area contributed by atoms with E-state index in [1.54, 1.807) is 16.4 Å². The molecule has 8 heteroatoms. The third-order valence-electron chi connectivity index (χ3n) is 5.19. The molecule has 0 radical (unpaired) electrons. The van der Waals surface area contributed by atoms with E-state index < -0.39 is 10.0 Å². The number of hydrogen-bond acceptors (Lipinski definition) is 5. The van der Waals surface area contributed by atoms with Crippen molar-refractivity contribution in [3.8, 4) is 0 Å². The Hall–Kier alpha value is -0.960. The summed E-state index contributed by atoms with van der Waals surface area (Å²) in [7, 11) is -1.55. The van der Waals surface area contributed by atoms with E-state index in [-0.39, 0.29) is 10.1 Å². The molecule has 2 aliphatic heterocycles. The van der Waals surface area contributed by atoms with Crippen molar-refractivity contribution in [2.75, 3.05) is 39.8 Å². The molecule has 25 heavy (non-hydrogen) atoms. The minimum atomic E-state index is -3.47. The lowest BCUT2D eigenvalue weighted by Gasteiger charge is -2.28. The summed E-state index contributed by atoms with van der Waals surface area (Å²) < 4.78 is 27.4. The standard InChI is InChI=1S/C17H27N3O3S2/c1-13-5-9-20(10-6-13)25(22,23)16-4-3-15(24-16)17(21)19-8-7-14(12-19)11-18-2/h3-4,13-14,18H,5-12H2,1-2H3. The Kier molecular flexibility index (Phi) is 5.82. The molecule has 140 valence electrons. The molecule has 0 aliphatic carbocycles. The topological polar surface area (TPSA) is 69.7 Å². The third-order valence-corrected chi connectivity index (χ3v) is 8.63. The molecule has 6 nitrogen and oxygen atoms in total. The van der Waals surface area contributed by atoms with Crippen LogP contribution in [0.3, 0.4) is 0 Å². The number of thiophene rings is 1. The van der Waals surface area contributed by atoms with Crippen molar-refractivity contribution in [2.45, 2.75) is 30.4 Å². The molecule has 1 unspecified atom stereocenters. The number of likely N-dealkylation sites (tertiary alicyclic amines) is 1. The van der Waals surface area contributed by atoms with Gasteiger partial charge in [-0.05, 0) is 56.8 Å². The second kappa shape index (κ2) is 7.73. The monoisotopic (exact) mass is 385 g/mol. The van der Waals surface area contributed by atoms with Crippen LogP contribution in [-0.2, 0) is 10.0 Å². The molecular formula is C17H27N3O3S2. The molecule has 3 rings (SSSR count). The van der Waals surface area contributed by atoms with E-state index in [0.717, 1.165) is 50.2 Å². The zero-order valence-corrected chi connectivity index (χ0v) is 16.5. The van der Waals surface area contributed by atoms with Crippen molar-refractivity contribution in [1.29, 1.82) is 0 Å². The quantitative estimate of drug-likeness (QED) is 0.840. The fraction of sp³-hybridized carbons (Fsp3) is 0.706. The zero-order chi connectivity index (χ0) is 18.0. The Morgan fingerprint density at radius 1 is 1.24 bits per heavy atom. The van der Waals surface area contributed by atoms with Crippen LogP contribution < -0.4 is 5.32 Å². The van der Waals surface area contributed by atoms with Crippen molar-refractivity contribution < 1.29 is 13.2 Å². The largest absolute Gasteiger partial charge is 0.338 e. The Morgan fingerprint density at radius 2 is 1.96 bits per heavy atom. The number of piperidine rings is 1. The Bertz CT molecular complexity index is 708. The van der Waals surface area contributed by atoms with Crippen molar-refractivity contribution in [3.63, 3.8) is 0 Å². The van der Waals surface area contributed by atoms with Gasteiger partial charge in [0.1, 0.15) is 4.21 Å². The fourth-order valence-corrected chi connectivity index (χ4v) is 6.45. The van der Waals surface area contributed by atoms with Crippen molar-refractivity contribution >= 4 is 27.3 Å². The molecule has 2 saturated heterocycles. The van der Waals surface area contributed by atoms with Gasteiger partial charge in [-0.2, -0.15) is 4.31 Å². The van der Waals surface area contributed by atoms with Gasteiger partial charge in [0.15, 0.2) is 0 Å². The van der Waals surface area contributed by atoms with E-state index in [2.05, 4.69) is 12.2 Å². The van der Waals surface area contributed by atoms with Gasteiger partial charge < -0.3 is 10.2 Å². The number of rotatable bonds is 5. The number of carbonyl (C=O) groups is 1. The normalized spacial score (nSPS) is 23.3. The van der Waals surface area contributed by atoms with Crippen LogP contribution in [-0.4, -0.2) is 63.3 Å². The molecule has 2 aliphatic rings. The highest BCUT2D eigenvalue weighted by Crippen LogP contribution is 2.29. The smallest absolute Gasteiger partial charge is 0.263 e. The predicted octanol–water partition coefficient (Wildman–Crippen LogP) is 1.85. The van der Waals surface area contributed by atoms with Crippen LogP contribution in [0.5, 0.6) is 0 Å². The number of carbonyl (C=O) groups excluding carboxylic acids is 1. The summed E-state index contributed by atoms with van der Waals surface area (Å²) in [5.74, 6) is 1.01. The average Bonchev–Trinajstić information content (AvgIpc) is 3.25. The number of nitrogens with zero attached hydrogens (tertiary/aromatic N) is 2. The van der Waals surface area contributed by atoms with Crippen molar-refractivity contribution in [2.24, 2.45) is 11.8 Å². The minimum Gasteiger partial charge on any atom is -0.338 e. The summed E-state index contributed by atoms with van der Waals surface area (Å²) in [4.78, 5) is 15.0. The summed E-state index contributed by atoms with van der Waals surface area (Å²) in [6.07, 6.45) is 2.79. The first-order chi connectivity index (χ1) is 11.9. The molecule has 1 aromatic rings. The molecule has 0 spiro atoms. The zero-order valence-electron chi connectivity index (χ0n) is 14.9. The first-order valence-corrected chi connectivity index (χ1v) is 11.2. The van der Waals surface area contributed by atoms with Crippen molar-refractivity contribution in [1.82, 2.24) is 14.5 Å². The highest BCUT2D eigenvalue weighted by Gasteiger charge is 2.31. The van der Waals surface area contributed by atoms with Gasteiger partial charge in [0.05, 0.1) is 4.88 Å². The lowest BCUT2D eigenvalue weighted by molar-refractivity contribution is 0.0792. The second-order valence-electron chi connectivity index (χ2n) is 7.17. The molecule has 0 bridgehead atoms. The van der Waals surface area contributed by atoms with E-state index >= 15 is 0 Å². The molecule has 1 N–H and O–H groups in total. The second-order valence-corrected chi connectivity index (χ2v) is 10.4.